The fraction of sp³-hybridized carbons (Fsp3) is 0.500. The molecule has 0 bridgehead atoms. The monoisotopic (exact) mass is 356 g/mol. The number of rotatable bonds is 3. The Morgan fingerprint density at radius 1 is 0.962 bits per heavy atom. The van der Waals surface area contributed by atoms with E-state index in [2.05, 4.69) is 32.8 Å². The normalized spacial score (nSPS) is 23.9. The Kier molecular flexibility index (Phi) is 5.02. The number of piperidine rings is 1. The number of anilines is 2. The van der Waals surface area contributed by atoms with Gasteiger partial charge in [0.1, 0.15) is 29.9 Å². The van der Waals surface area contributed by atoms with Crippen LogP contribution in [0.4, 0.5) is 16.0 Å². The lowest BCUT2D eigenvalue weighted by molar-refractivity contribution is -0.0176. The van der Waals surface area contributed by atoms with Gasteiger partial charge >= 0.3 is 0 Å². The van der Waals surface area contributed by atoms with Gasteiger partial charge in [0, 0.05) is 32.2 Å². The molecule has 138 valence electrons. The van der Waals surface area contributed by atoms with Crippen molar-refractivity contribution in [2.24, 2.45) is 0 Å². The van der Waals surface area contributed by atoms with Gasteiger partial charge in [-0.05, 0) is 43.9 Å². The summed E-state index contributed by atoms with van der Waals surface area (Å²) < 4.78 is 19.3. The molecule has 0 saturated carbocycles. The van der Waals surface area contributed by atoms with Crippen LogP contribution in [0.25, 0.3) is 0 Å². The summed E-state index contributed by atoms with van der Waals surface area (Å²) >= 11 is 0. The lowest BCUT2D eigenvalue weighted by Crippen LogP contribution is -2.43. The third kappa shape index (κ3) is 3.80. The van der Waals surface area contributed by atoms with Crippen molar-refractivity contribution in [2.75, 3.05) is 36.0 Å². The third-order valence-electron chi connectivity index (χ3n) is 5.14. The Morgan fingerprint density at radius 3 is 2.38 bits per heavy atom. The van der Waals surface area contributed by atoms with Crippen molar-refractivity contribution < 1.29 is 9.13 Å². The molecule has 4 rings (SSSR count). The summed E-state index contributed by atoms with van der Waals surface area (Å²) in [6, 6.07) is 8.67. The number of hydrogen-bond acceptors (Lipinski definition) is 5. The van der Waals surface area contributed by atoms with Crippen molar-refractivity contribution in [3.05, 3.63) is 48.0 Å². The Morgan fingerprint density at radius 2 is 1.65 bits per heavy atom. The molecule has 1 aromatic carbocycles. The molecule has 0 spiro atoms. The molecule has 3 heterocycles. The highest BCUT2D eigenvalue weighted by molar-refractivity contribution is 5.51. The maximum atomic E-state index is 13.2. The minimum absolute atomic E-state index is 0.0761. The molecule has 2 atom stereocenters. The summed E-state index contributed by atoms with van der Waals surface area (Å²) in [7, 11) is 0. The Hall–Kier alpha value is -2.21. The molecule has 2 aromatic rings. The fourth-order valence-corrected chi connectivity index (χ4v) is 3.81. The Bertz CT molecular complexity index is 733. The van der Waals surface area contributed by atoms with E-state index in [9.17, 15) is 4.39 Å². The minimum atomic E-state index is -0.226. The van der Waals surface area contributed by atoms with Crippen LogP contribution >= 0.6 is 0 Å². The number of benzene rings is 1. The molecule has 5 nitrogen and oxygen atoms in total. The summed E-state index contributed by atoms with van der Waals surface area (Å²) in [6.07, 6.45) is 5.39. The van der Waals surface area contributed by atoms with Crippen LogP contribution in [0.15, 0.2) is 36.7 Å². The van der Waals surface area contributed by atoms with E-state index in [0.29, 0.717) is 6.54 Å². The van der Waals surface area contributed by atoms with Gasteiger partial charge in [0.05, 0.1) is 6.10 Å². The van der Waals surface area contributed by atoms with E-state index in [4.69, 9.17) is 4.74 Å². The number of halogens is 1. The third-order valence-corrected chi connectivity index (χ3v) is 5.14. The number of ether oxygens (including phenoxy) is 1. The van der Waals surface area contributed by atoms with Gasteiger partial charge in [-0.15, -0.1) is 0 Å². The molecular weight excluding hydrogens is 331 g/mol. The van der Waals surface area contributed by atoms with Gasteiger partial charge in [0.2, 0.25) is 0 Å². The second kappa shape index (κ2) is 7.58. The highest BCUT2D eigenvalue weighted by Crippen LogP contribution is 2.29. The largest absolute Gasteiger partial charge is 0.367 e. The van der Waals surface area contributed by atoms with Gasteiger partial charge in [0.15, 0.2) is 0 Å². The zero-order chi connectivity index (χ0) is 17.9. The van der Waals surface area contributed by atoms with Crippen LogP contribution in [0.1, 0.15) is 37.9 Å². The van der Waals surface area contributed by atoms with Gasteiger partial charge < -0.3 is 14.5 Å². The van der Waals surface area contributed by atoms with E-state index < -0.39 is 0 Å². The molecule has 0 amide bonds. The van der Waals surface area contributed by atoms with Crippen LogP contribution in [-0.4, -0.2) is 42.3 Å². The van der Waals surface area contributed by atoms with Crippen molar-refractivity contribution in [3.63, 3.8) is 0 Å². The van der Waals surface area contributed by atoms with Crippen LogP contribution in [0, 0.1) is 5.82 Å². The zero-order valence-electron chi connectivity index (χ0n) is 15.1. The van der Waals surface area contributed by atoms with Crippen LogP contribution in [0.3, 0.4) is 0 Å². The molecule has 0 aliphatic carbocycles. The Balaban J connectivity index is 1.53. The Labute approximate surface area is 153 Å². The molecule has 2 aliphatic heterocycles. The quantitative estimate of drug-likeness (QED) is 0.841. The van der Waals surface area contributed by atoms with Crippen LogP contribution < -0.4 is 9.80 Å². The van der Waals surface area contributed by atoms with E-state index in [1.54, 1.807) is 18.5 Å². The van der Waals surface area contributed by atoms with Gasteiger partial charge in [-0.25, -0.2) is 14.4 Å². The first-order chi connectivity index (χ1) is 12.7. The van der Waals surface area contributed by atoms with E-state index in [1.165, 1.54) is 31.4 Å². The molecule has 0 N–H and O–H groups in total. The van der Waals surface area contributed by atoms with Crippen LogP contribution in [0.5, 0.6) is 0 Å². The molecule has 1 aromatic heterocycles. The first-order valence-corrected chi connectivity index (χ1v) is 9.42. The lowest BCUT2D eigenvalue weighted by atomic mass is 10.1. The van der Waals surface area contributed by atoms with Crippen molar-refractivity contribution in [1.29, 1.82) is 0 Å². The van der Waals surface area contributed by atoms with Crippen molar-refractivity contribution in [3.8, 4) is 0 Å². The smallest absolute Gasteiger partial charge is 0.134 e. The molecule has 2 saturated heterocycles. The van der Waals surface area contributed by atoms with E-state index in [1.807, 2.05) is 0 Å². The first-order valence-electron chi connectivity index (χ1n) is 9.42. The number of hydrogen-bond donors (Lipinski definition) is 0. The molecule has 0 radical (unpaired) electrons. The molecule has 2 fully saturated rings. The SMILES string of the molecule is CC1CN(c2cc(N3CCCCC3)ncn2)CC(c2ccc(F)cc2)O1. The van der Waals surface area contributed by atoms with E-state index in [-0.39, 0.29) is 18.0 Å². The molecule has 26 heavy (non-hydrogen) atoms. The number of morpholine rings is 1. The standard InChI is InChI=1S/C20H25FN4O/c1-15-12-25(13-18(26-15)16-5-7-17(21)8-6-16)20-11-19(22-14-23-20)24-9-3-2-4-10-24/h5-8,11,14-15,18H,2-4,9-10,12-13H2,1H3. The molecule has 2 unspecified atom stereocenters. The molecular formula is C20H25FN4O. The van der Waals surface area contributed by atoms with E-state index in [0.717, 1.165) is 36.8 Å². The maximum Gasteiger partial charge on any atom is 0.134 e. The summed E-state index contributed by atoms with van der Waals surface area (Å²) in [5.41, 5.74) is 0.994. The summed E-state index contributed by atoms with van der Waals surface area (Å²) in [5, 5.41) is 0. The average Bonchev–Trinajstić information content (AvgIpc) is 2.69. The topological polar surface area (TPSA) is 41.5 Å². The van der Waals surface area contributed by atoms with Gasteiger partial charge in [-0.3, -0.25) is 0 Å². The summed E-state index contributed by atoms with van der Waals surface area (Å²) in [4.78, 5) is 13.6. The summed E-state index contributed by atoms with van der Waals surface area (Å²) in [5.74, 6) is 1.71. The van der Waals surface area contributed by atoms with Crippen molar-refractivity contribution in [2.45, 2.75) is 38.4 Å². The second-order valence-electron chi connectivity index (χ2n) is 7.17. The first kappa shape index (κ1) is 17.2. The van der Waals surface area contributed by atoms with E-state index >= 15 is 0 Å². The zero-order valence-corrected chi connectivity index (χ0v) is 15.1. The number of nitrogens with zero attached hydrogens (tertiary/aromatic N) is 4. The lowest BCUT2D eigenvalue weighted by Gasteiger charge is -2.38. The summed E-state index contributed by atoms with van der Waals surface area (Å²) in [6.45, 7) is 5.68. The van der Waals surface area contributed by atoms with Crippen LogP contribution in [-0.2, 0) is 4.74 Å². The van der Waals surface area contributed by atoms with Crippen molar-refractivity contribution in [1.82, 2.24) is 9.97 Å². The maximum absolute atomic E-state index is 13.2. The van der Waals surface area contributed by atoms with Crippen LogP contribution in [0.2, 0.25) is 0 Å². The van der Waals surface area contributed by atoms with Gasteiger partial charge in [0.25, 0.3) is 0 Å². The van der Waals surface area contributed by atoms with Gasteiger partial charge in [-0.1, -0.05) is 12.1 Å². The van der Waals surface area contributed by atoms with Crippen molar-refractivity contribution >= 4 is 11.6 Å². The van der Waals surface area contributed by atoms with Gasteiger partial charge in [-0.2, -0.15) is 0 Å². The molecule has 2 aliphatic rings. The predicted molar refractivity (Wildman–Crippen MR) is 100.0 cm³/mol. The average molecular weight is 356 g/mol. The number of aromatic nitrogens is 2. The highest BCUT2D eigenvalue weighted by Gasteiger charge is 2.28. The molecule has 6 heteroatoms. The predicted octanol–water partition coefficient (Wildman–Crippen LogP) is 3.57. The second-order valence-corrected chi connectivity index (χ2v) is 7.17. The minimum Gasteiger partial charge on any atom is -0.367 e. The highest BCUT2D eigenvalue weighted by atomic mass is 19.1. The fourth-order valence-electron chi connectivity index (χ4n) is 3.81.